The zero-order valence-corrected chi connectivity index (χ0v) is 9.98. The Balaban J connectivity index is 2.10. The molecule has 1 amide bonds. The summed E-state index contributed by atoms with van der Waals surface area (Å²) in [5, 5.41) is 9.21. The molecule has 0 saturated heterocycles. The summed E-state index contributed by atoms with van der Waals surface area (Å²) in [7, 11) is 0. The Bertz CT molecular complexity index is 680. The maximum absolute atomic E-state index is 12.4. The zero-order valence-electron chi connectivity index (χ0n) is 9.98. The molecule has 19 heavy (non-hydrogen) atoms. The molecular formula is C15H10N2O2. The van der Waals surface area contributed by atoms with Crippen molar-refractivity contribution >= 4 is 17.7 Å². The number of nitrogens with zero attached hydrogens (tertiary/aromatic N) is 2. The van der Waals surface area contributed by atoms with Gasteiger partial charge < -0.3 is 4.42 Å². The molecule has 92 valence electrons. The van der Waals surface area contributed by atoms with Gasteiger partial charge in [0.2, 0.25) is 0 Å². The minimum absolute atomic E-state index is 0.227. The summed E-state index contributed by atoms with van der Waals surface area (Å²) in [5.41, 5.74) is 1.63. The van der Waals surface area contributed by atoms with Gasteiger partial charge in [0.25, 0.3) is 5.91 Å². The SMILES string of the molecule is N#CC1C=Cc2ccccc2N1C(=O)c1ccco1. The van der Waals surface area contributed by atoms with Crippen molar-refractivity contribution in [2.75, 3.05) is 4.90 Å². The molecule has 0 spiro atoms. The third-order valence-electron chi connectivity index (χ3n) is 3.02. The molecule has 4 nitrogen and oxygen atoms in total. The van der Waals surface area contributed by atoms with E-state index in [4.69, 9.17) is 4.42 Å². The molecule has 0 radical (unpaired) electrons. The lowest BCUT2D eigenvalue weighted by molar-refractivity contribution is 0.0958. The van der Waals surface area contributed by atoms with Crippen LogP contribution in [0.5, 0.6) is 0 Å². The molecule has 0 saturated carbocycles. The van der Waals surface area contributed by atoms with Crippen LogP contribution in [0.2, 0.25) is 0 Å². The van der Waals surface area contributed by atoms with Gasteiger partial charge in [-0.3, -0.25) is 9.69 Å². The summed E-state index contributed by atoms with van der Waals surface area (Å²) in [6.07, 6.45) is 5.01. The average Bonchev–Trinajstić information content (AvgIpc) is 2.99. The molecule has 1 aromatic carbocycles. The summed E-state index contributed by atoms with van der Waals surface area (Å²) in [6, 6.07) is 12.2. The van der Waals surface area contributed by atoms with Crippen LogP contribution in [0.1, 0.15) is 16.1 Å². The van der Waals surface area contributed by atoms with E-state index in [1.54, 1.807) is 18.2 Å². The molecule has 2 aromatic rings. The van der Waals surface area contributed by atoms with E-state index in [0.717, 1.165) is 11.3 Å². The first-order valence-corrected chi connectivity index (χ1v) is 5.85. The van der Waals surface area contributed by atoms with Gasteiger partial charge in [0.05, 0.1) is 18.0 Å². The van der Waals surface area contributed by atoms with Gasteiger partial charge in [-0.25, -0.2) is 0 Å². The number of carbonyl (C=O) groups excluding carboxylic acids is 1. The van der Waals surface area contributed by atoms with E-state index in [1.807, 2.05) is 30.3 Å². The number of hydrogen-bond donors (Lipinski definition) is 0. The Morgan fingerprint density at radius 3 is 2.84 bits per heavy atom. The van der Waals surface area contributed by atoms with Gasteiger partial charge in [-0.2, -0.15) is 5.26 Å². The van der Waals surface area contributed by atoms with Gasteiger partial charge >= 0.3 is 0 Å². The second-order valence-electron chi connectivity index (χ2n) is 4.14. The number of fused-ring (bicyclic) bond motifs is 1. The molecule has 2 heterocycles. The van der Waals surface area contributed by atoms with Gasteiger partial charge in [-0.05, 0) is 29.8 Å². The molecule has 1 aliphatic heterocycles. The summed E-state index contributed by atoms with van der Waals surface area (Å²) >= 11 is 0. The first-order chi connectivity index (χ1) is 9.31. The third-order valence-corrected chi connectivity index (χ3v) is 3.02. The second kappa shape index (κ2) is 4.46. The minimum Gasteiger partial charge on any atom is -0.459 e. The van der Waals surface area contributed by atoms with Crippen LogP contribution in [0, 0.1) is 11.3 Å². The topological polar surface area (TPSA) is 57.2 Å². The highest BCUT2D eigenvalue weighted by Crippen LogP contribution is 2.30. The van der Waals surface area contributed by atoms with E-state index in [1.165, 1.54) is 11.2 Å². The molecular weight excluding hydrogens is 240 g/mol. The second-order valence-corrected chi connectivity index (χ2v) is 4.14. The van der Waals surface area contributed by atoms with Crippen molar-refractivity contribution in [2.24, 2.45) is 0 Å². The molecule has 4 heteroatoms. The first kappa shape index (κ1) is 11.3. The number of rotatable bonds is 1. The van der Waals surface area contributed by atoms with Crippen LogP contribution in [0.25, 0.3) is 6.08 Å². The van der Waals surface area contributed by atoms with Gasteiger partial charge in [0.1, 0.15) is 6.04 Å². The van der Waals surface area contributed by atoms with E-state index in [2.05, 4.69) is 6.07 Å². The maximum atomic E-state index is 12.4. The zero-order chi connectivity index (χ0) is 13.2. The predicted molar refractivity (Wildman–Crippen MR) is 70.4 cm³/mol. The largest absolute Gasteiger partial charge is 0.459 e. The number of nitriles is 1. The summed E-state index contributed by atoms with van der Waals surface area (Å²) in [6.45, 7) is 0. The monoisotopic (exact) mass is 250 g/mol. The van der Waals surface area contributed by atoms with Crippen LogP contribution in [0.3, 0.4) is 0 Å². The molecule has 0 N–H and O–H groups in total. The van der Waals surface area contributed by atoms with E-state index in [0.29, 0.717) is 0 Å². The lowest BCUT2D eigenvalue weighted by atomic mass is 10.0. The van der Waals surface area contributed by atoms with Crippen molar-refractivity contribution < 1.29 is 9.21 Å². The Kier molecular flexibility index (Phi) is 2.66. The highest BCUT2D eigenvalue weighted by atomic mass is 16.3. The number of furan rings is 1. The van der Waals surface area contributed by atoms with Crippen LogP contribution in [-0.2, 0) is 0 Å². The molecule has 1 aliphatic rings. The number of anilines is 1. The molecule has 0 bridgehead atoms. The number of para-hydroxylation sites is 1. The van der Waals surface area contributed by atoms with Crippen molar-refractivity contribution in [1.29, 1.82) is 5.26 Å². The Morgan fingerprint density at radius 1 is 1.26 bits per heavy atom. The van der Waals surface area contributed by atoms with Gasteiger partial charge in [-0.1, -0.05) is 24.3 Å². The highest BCUT2D eigenvalue weighted by Gasteiger charge is 2.29. The van der Waals surface area contributed by atoms with E-state index in [-0.39, 0.29) is 11.7 Å². The summed E-state index contributed by atoms with van der Waals surface area (Å²) in [4.78, 5) is 13.9. The number of amides is 1. The predicted octanol–water partition coefficient (Wildman–Crippen LogP) is 2.85. The molecule has 1 aromatic heterocycles. The lowest BCUT2D eigenvalue weighted by Gasteiger charge is -2.29. The number of hydrogen-bond acceptors (Lipinski definition) is 3. The van der Waals surface area contributed by atoms with Crippen molar-refractivity contribution in [3.8, 4) is 6.07 Å². The fourth-order valence-electron chi connectivity index (χ4n) is 2.13. The van der Waals surface area contributed by atoms with Gasteiger partial charge in [0.15, 0.2) is 5.76 Å². The van der Waals surface area contributed by atoms with Crippen LogP contribution in [0.4, 0.5) is 5.69 Å². The Morgan fingerprint density at radius 2 is 2.11 bits per heavy atom. The van der Waals surface area contributed by atoms with Crippen LogP contribution >= 0.6 is 0 Å². The first-order valence-electron chi connectivity index (χ1n) is 5.85. The smallest absolute Gasteiger partial charge is 0.295 e. The summed E-state index contributed by atoms with van der Waals surface area (Å²) < 4.78 is 5.13. The maximum Gasteiger partial charge on any atom is 0.295 e. The number of benzene rings is 1. The van der Waals surface area contributed by atoms with Crippen LogP contribution in [-0.4, -0.2) is 11.9 Å². The average molecular weight is 250 g/mol. The van der Waals surface area contributed by atoms with E-state index >= 15 is 0 Å². The van der Waals surface area contributed by atoms with Crippen molar-refractivity contribution in [2.45, 2.75) is 6.04 Å². The fraction of sp³-hybridized carbons (Fsp3) is 0.0667. The van der Waals surface area contributed by atoms with Gasteiger partial charge in [0, 0.05) is 0 Å². The summed E-state index contributed by atoms with van der Waals surface area (Å²) in [5.74, 6) is -0.0845. The molecule has 3 rings (SSSR count). The lowest BCUT2D eigenvalue weighted by Crippen LogP contribution is -2.40. The molecule has 1 atom stereocenters. The molecule has 1 unspecified atom stereocenters. The van der Waals surface area contributed by atoms with Crippen molar-refractivity contribution in [3.05, 3.63) is 60.1 Å². The van der Waals surface area contributed by atoms with Crippen molar-refractivity contribution in [1.82, 2.24) is 0 Å². The quantitative estimate of drug-likeness (QED) is 0.782. The molecule has 0 aliphatic carbocycles. The van der Waals surface area contributed by atoms with Gasteiger partial charge in [-0.15, -0.1) is 0 Å². The number of carbonyl (C=O) groups is 1. The highest BCUT2D eigenvalue weighted by molar-refractivity contribution is 6.07. The Hall–Kier alpha value is -2.80. The van der Waals surface area contributed by atoms with Crippen molar-refractivity contribution in [3.63, 3.8) is 0 Å². The standard InChI is InChI=1S/C15H10N2O2/c16-10-12-8-7-11-4-1-2-5-13(11)17(12)15(18)14-6-3-9-19-14/h1-9,12H. The van der Waals surface area contributed by atoms with E-state index in [9.17, 15) is 10.1 Å². The van der Waals surface area contributed by atoms with Crippen LogP contribution < -0.4 is 4.90 Å². The minimum atomic E-state index is -0.618. The fourth-order valence-corrected chi connectivity index (χ4v) is 2.13. The Labute approximate surface area is 110 Å². The van der Waals surface area contributed by atoms with Crippen LogP contribution in [0.15, 0.2) is 53.2 Å². The normalized spacial score (nSPS) is 16.8. The van der Waals surface area contributed by atoms with E-state index < -0.39 is 6.04 Å². The molecule has 0 fully saturated rings. The third kappa shape index (κ3) is 1.81.